The molecule has 0 saturated carbocycles. The van der Waals surface area contributed by atoms with Crippen LogP contribution in [0.25, 0.3) is 21.5 Å². The average molecular weight is 374 g/mol. The Bertz CT molecular complexity index is 716. The van der Waals surface area contributed by atoms with E-state index in [4.69, 9.17) is 30.3 Å². The molecule has 0 unspecified atom stereocenters. The van der Waals surface area contributed by atoms with E-state index in [-0.39, 0.29) is 0 Å². The van der Waals surface area contributed by atoms with Gasteiger partial charge in [0.25, 0.3) is 5.97 Å². The van der Waals surface area contributed by atoms with Crippen molar-refractivity contribution in [3.63, 3.8) is 0 Å². The van der Waals surface area contributed by atoms with Crippen molar-refractivity contribution in [1.29, 1.82) is 0 Å². The molecule has 3 aromatic rings. The van der Waals surface area contributed by atoms with E-state index in [1.165, 1.54) is 21.5 Å². The van der Waals surface area contributed by atoms with Crippen molar-refractivity contribution in [2.75, 3.05) is 26.4 Å². The molecule has 0 radical (unpaired) electrons. The first kappa shape index (κ1) is 22.5. The van der Waals surface area contributed by atoms with Gasteiger partial charge in [-0.05, 0) is 33.7 Å². The zero-order chi connectivity index (χ0) is 20.3. The minimum absolute atomic E-state index is 0.406. The molecule has 0 atom stereocenters. The van der Waals surface area contributed by atoms with Gasteiger partial charge >= 0.3 is 0 Å². The van der Waals surface area contributed by atoms with Gasteiger partial charge in [-0.1, -0.05) is 48.5 Å². The number of benzene rings is 3. The maximum atomic E-state index is 9.00. The van der Waals surface area contributed by atoms with Crippen LogP contribution < -0.4 is 0 Å². The molecule has 27 heavy (non-hydrogen) atoms. The lowest BCUT2D eigenvalue weighted by molar-refractivity contribution is -0.134. The van der Waals surface area contributed by atoms with Gasteiger partial charge in [0.15, 0.2) is 0 Å². The van der Waals surface area contributed by atoms with Gasteiger partial charge in [-0.3, -0.25) is 4.79 Å². The molecule has 5 N–H and O–H groups in total. The van der Waals surface area contributed by atoms with Gasteiger partial charge in [-0.2, -0.15) is 0 Å². The summed E-state index contributed by atoms with van der Waals surface area (Å²) >= 11 is 0. The Labute approximate surface area is 157 Å². The summed E-state index contributed by atoms with van der Waals surface area (Å²) in [6.07, 6.45) is 0. The molecule has 0 aromatic heterocycles. The molecule has 0 spiro atoms. The topological polar surface area (TPSA) is 118 Å². The summed E-state index contributed by atoms with van der Waals surface area (Å²) in [5, 5.41) is 46.6. The van der Waals surface area contributed by atoms with Crippen LogP contribution in [-0.2, 0) is 4.79 Å². The lowest BCUT2D eigenvalue weighted by Gasteiger charge is -2.23. The van der Waals surface area contributed by atoms with Gasteiger partial charge in [0.2, 0.25) is 0 Å². The predicted molar refractivity (Wildman–Crippen MR) is 106 cm³/mol. The van der Waals surface area contributed by atoms with E-state index in [0.717, 1.165) is 6.92 Å². The number of carboxylic acid groups (broad SMARTS) is 1. The maximum absolute atomic E-state index is 9.00. The van der Waals surface area contributed by atoms with Crippen LogP contribution in [0.2, 0.25) is 0 Å². The first-order chi connectivity index (χ1) is 12.9. The first-order valence-corrected chi connectivity index (χ1v) is 8.42. The van der Waals surface area contributed by atoms with E-state index in [1.807, 2.05) is 0 Å². The number of carbonyl (C=O) groups is 1. The van der Waals surface area contributed by atoms with Crippen LogP contribution in [0, 0.1) is 5.41 Å². The summed E-state index contributed by atoms with van der Waals surface area (Å²) in [5.74, 6) is -0.833. The van der Waals surface area contributed by atoms with Gasteiger partial charge in [-0.15, -0.1) is 0 Å². The number of aliphatic hydroxyl groups excluding tert-OH is 4. The van der Waals surface area contributed by atoms with Crippen LogP contribution in [-0.4, -0.2) is 57.9 Å². The van der Waals surface area contributed by atoms with Gasteiger partial charge in [0, 0.05) is 6.92 Å². The molecule has 0 aliphatic heterocycles. The Morgan fingerprint density at radius 3 is 1.07 bits per heavy atom. The second-order valence-electron chi connectivity index (χ2n) is 6.20. The highest BCUT2D eigenvalue weighted by Crippen LogP contribution is 2.22. The molecular weight excluding hydrogens is 348 g/mol. The number of fused-ring (bicyclic) bond motifs is 2. The molecule has 0 aliphatic rings. The summed E-state index contributed by atoms with van der Waals surface area (Å²) in [6.45, 7) is -0.542. The highest BCUT2D eigenvalue weighted by atomic mass is 16.4. The number of aliphatic carboxylic acids is 1. The van der Waals surface area contributed by atoms with Crippen LogP contribution in [0.5, 0.6) is 0 Å². The Morgan fingerprint density at radius 2 is 0.926 bits per heavy atom. The van der Waals surface area contributed by atoms with Crippen LogP contribution in [0.3, 0.4) is 0 Å². The molecule has 0 aliphatic carbocycles. The zero-order valence-corrected chi connectivity index (χ0v) is 15.2. The first-order valence-electron chi connectivity index (χ1n) is 8.42. The minimum atomic E-state index is -1.11. The number of hydrogen-bond donors (Lipinski definition) is 5. The summed E-state index contributed by atoms with van der Waals surface area (Å²) in [4.78, 5) is 9.00. The molecule has 146 valence electrons. The van der Waals surface area contributed by atoms with E-state index in [9.17, 15) is 0 Å². The molecular formula is C21H26O6. The number of carboxylic acids is 1. The van der Waals surface area contributed by atoms with Gasteiger partial charge in [0.05, 0.1) is 31.8 Å². The molecule has 6 heteroatoms. The van der Waals surface area contributed by atoms with E-state index in [1.54, 1.807) is 0 Å². The molecule has 0 amide bonds. The van der Waals surface area contributed by atoms with Crippen molar-refractivity contribution in [1.82, 2.24) is 0 Å². The van der Waals surface area contributed by atoms with Crippen molar-refractivity contribution < 1.29 is 30.3 Å². The molecule has 3 rings (SSSR count). The normalized spacial score (nSPS) is 10.6. The molecule has 3 aromatic carbocycles. The van der Waals surface area contributed by atoms with Crippen LogP contribution in [0.4, 0.5) is 0 Å². The Balaban J connectivity index is 0.000000244. The van der Waals surface area contributed by atoms with Crippen molar-refractivity contribution in [2.45, 2.75) is 6.92 Å². The van der Waals surface area contributed by atoms with E-state index < -0.39 is 37.8 Å². The monoisotopic (exact) mass is 374 g/mol. The van der Waals surface area contributed by atoms with E-state index >= 15 is 0 Å². The van der Waals surface area contributed by atoms with Crippen molar-refractivity contribution in [2.24, 2.45) is 5.41 Å². The third-order valence-electron chi connectivity index (χ3n) is 3.96. The molecule has 0 saturated heterocycles. The largest absolute Gasteiger partial charge is 0.481 e. The van der Waals surface area contributed by atoms with Crippen LogP contribution >= 0.6 is 0 Å². The summed E-state index contributed by atoms with van der Waals surface area (Å²) in [5.41, 5.74) is -1.11. The molecule has 6 nitrogen and oxygen atoms in total. The highest BCUT2D eigenvalue weighted by Gasteiger charge is 2.26. The third kappa shape index (κ3) is 6.96. The van der Waals surface area contributed by atoms with E-state index in [2.05, 4.69) is 60.7 Å². The maximum Gasteiger partial charge on any atom is 0.300 e. The lowest BCUT2D eigenvalue weighted by atomic mass is 9.93. The zero-order valence-electron chi connectivity index (χ0n) is 15.2. The number of rotatable bonds is 4. The second kappa shape index (κ2) is 11.3. The Morgan fingerprint density at radius 1 is 0.704 bits per heavy atom. The molecule has 0 bridgehead atoms. The molecule has 0 heterocycles. The Kier molecular flexibility index (Phi) is 9.39. The minimum Gasteiger partial charge on any atom is -0.481 e. The average Bonchev–Trinajstić information content (AvgIpc) is 2.69. The number of hydrogen-bond acceptors (Lipinski definition) is 5. The van der Waals surface area contributed by atoms with Crippen LogP contribution in [0.15, 0.2) is 60.7 Å². The highest BCUT2D eigenvalue weighted by molar-refractivity contribution is 5.98. The van der Waals surface area contributed by atoms with Crippen molar-refractivity contribution >= 4 is 27.5 Å². The fourth-order valence-electron chi connectivity index (χ4n) is 2.18. The Hall–Kier alpha value is -2.51. The number of aliphatic hydroxyl groups is 4. The molecule has 0 fully saturated rings. The summed E-state index contributed by atoms with van der Waals surface area (Å²) < 4.78 is 0. The van der Waals surface area contributed by atoms with Crippen LogP contribution in [0.1, 0.15) is 6.92 Å². The lowest BCUT2D eigenvalue weighted by Crippen LogP contribution is -2.37. The van der Waals surface area contributed by atoms with Crippen molar-refractivity contribution in [3.05, 3.63) is 60.7 Å². The standard InChI is InChI=1S/C14H10.C5H12O4.C2H4O2/c1-2-6-12-10-14-8-4-3-7-13(14)9-11(12)5-1;6-1-5(2-7,3-8)4-9;1-2(3)4/h1-10H;6-9H,1-4H2;1H3,(H,3,4). The van der Waals surface area contributed by atoms with Crippen molar-refractivity contribution in [3.8, 4) is 0 Å². The van der Waals surface area contributed by atoms with Gasteiger partial charge < -0.3 is 25.5 Å². The van der Waals surface area contributed by atoms with Gasteiger partial charge in [0.1, 0.15) is 0 Å². The fraction of sp³-hybridized carbons (Fsp3) is 0.286. The van der Waals surface area contributed by atoms with Gasteiger partial charge in [-0.25, -0.2) is 0 Å². The third-order valence-corrected chi connectivity index (χ3v) is 3.96. The quantitative estimate of drug-likeness (QED) is 0.446. The summed E-state index contributed by atoms with van der Waals surface area (Å²) in [6, 6.07) is 21.4. The predicted octanol–water partition coefficient (Wildman–Crippen LogP) is 2.03. The smallest absolute Gasteiger partial charge is 0.300 e. The fourth-order valence-corrected chi connectivity index (χ4v) is 2.18. The summed E-state index contributed by atoms with van der Waals surface area (Å²) in [7, 11) is 0. The SMILES string of the molecule is CC(=O)O.OCC(CO)(CO)CO.c1ccc2cc3ccccc3cc2c1. The second-order valence-corrected chi connectivity index (χ2v) is 6.20. The van der Waals surface area contributed by atoms with E-state index in [0.29, 0.717) is 0 Å².